The Morgan fingerprint density at radius 1 is 1.15 bits per heavy atom. The molecular weight excluding hydrogens is 350 g/mol. The number of amidine groups is 1. The number of oxime groups is 1. The fraction of sp³-hybridized carbons (Fsp3) is 0.368. The van der Waals surface area contributed by atoms with Crippen molar-refractivity contribution in [3.05, 3.63) is 42.0 Å². The Morgan fingerprint density at radius 2 is 1.74 bits per heavy atom. The lowest BCUT2D eigenvalue weighted by atomic mass is 9.85. The van der Waals surface area contributed by atoms with Crippen LogP contribution in [0.2, 0.25) is 0 Å². The first kappa shape index (κ1) is 18.6. The number of imide groups is 1. The Bertz CT molecular complexity index is 774. The summed E-state index contributed by atoms with van der Waals surface area (Å²) in [5, 5.41) is 3.61. The molecule has 1 fully saturated rings. The van der Waals surface area contributed by atoms with Crippen molar-refractivity contribution >= 4 is 23.6 Å². The highest BCUT2D eigenvalue weighted by atomic mass is 16.7. The van der Waals surface area contributed by atoms with Crippen molar-refractivity contribution in [1.29, 1.82) is 0 Å². The highest BCUT2D eigenvalue weighted by molar-refractivity contribution is 6.05. The highest BCUT2D eigenvalue weighted by Gasteiger charge is 2.46. The molecule has 27 heavy (non-hydrogen) atoms. The van der Waals surface area contributed by atoms with Gasteiger partial charge in [0, 0.05) is 12.1 Å². The van der Waals surface area contributed by atoms with E-state index in [0.29, 0.717) is 24.2 Å². The summed E-state index contributed by atoms with van der Waals surface area (Å²) >= 11 is 0. The van der Waals surface area contributed by atoms with E-state index >= 15 is 0 Å². The molecule has 0 aromatic heterocycles. The Hall–Kier alpha value is -3.16. The molecule has 0 radical (unpaired) electrons. The van der Waals surface area contributed by atoms with Gasteiger partial charge in [0.15, 0.2) is 5.84 Å². The molecule has 2 amide bonds. The van der Waals surface area contributed by atoms with Gasteiger partial charge in [-0.25, -0.2) is 4.79 Å². The summed E-state index contributed by atoms with van der Waals surface area (Å²) in [4.78, 5) is 42.5. The quantitative estimate of drug-likeness (QED) is 0.201. The SMILES string of the molecule is COc1ccc(/C(N)=N\OC(=O)CCN2C(=O)[C@H]3CC=CC[C@@H]3C2=O)cc1. The maximum atomic E-state index is 12.3. The Labute approximate surface area is 156 Å². The predicted molar refractivity (Wildman–Crippen MR) is 96.5 cm³/mol. The molecule has 0 unspecified atom stereocenters. The maximum absolute atomic E-state index is 12.3. The minimum absolute atomic E-state index is 0.0124. The van der Waals surface area contributed by atoms with Crippen LogP contribution < -0.4 is 10.5 Å². The number of methoxy groups -OCH3 is 1. The van der Waals surface area contributed by atoms with E-state index in [4.69, 9.17) is 15.3 Å². The second-order valence-electron chi connectivity index (χ2n) is 6.40. The molecule has 0 bridgehead atoms. The van der Waals surface area contributed by atoms with Crippen LogP contribution in [-0.2, 0) is 19.2 Å². The summed E-state index contributed by atoms with van der Waals surface area (Å²) in [6.45, 7) is -0.0124. The molecule has 0 spiro atoms. The van der Waals surface area contributed by atoms with Gasteiger partial charge in [-0.15, -0.1) is 0 Å². The van der Waals surface area contributed by atoms with Gasteiger partial charge in [-0.2, -0.15) is 0 Å². The highest BCUT2D eigenvalue weighted by Crippen LogP contribution is 2.34. The predicted octanol–water partition coefficient (Wildman–Crippen LogP) is 1.20. The zero-order chi connectivity index (χ0) is 19.4. The van der Waals surface area contributed by atoms with Gasteiger partial charge >= 0.3 is 5.97 Å². The number of hydrogen-bond acceptors (Lipinski definition) is 6. The fourth-order valence-corrected chi connectivity index (χ4v) is 3.25. The number of benzene rings is 1. The maximum Gasteiger partial charge on any atom is 0.336 e. The molecular formula is C19H21N3O5. The molecule has 0 saturated carbocycles. The lowest BCUT2D eigenvalue weighted by molar-refractivity contribution is -0.145. The van der Waals surface area contributed by atoms with Crippen LogP contribution in [0.1, 0.15) is 24.8 Å². The third-order valence-corrected chi connectivity index (χ3v) is 4.77. The summed E-state index contributed by atoms with van der Waals surface area (Å²) in [6.07, 6.45) is 4.84. The summed E-state index contributed by atoms with van der Waals surface area (Å²) in [5.74, 6) is -1.01. The van der Waals surface area contributed by atoms with Gasteiger partial charge in [0.25, 0.3) is 0 Å². The van der Waals surface area contributed by atoms with E-state index in [0.717, 1.165) is 4.90 Å². The van der Waals surface area contributed by atoms with E-state index in [-0.39, 0.29) is 42.5 Å². The average molecular weight is 371 g/mol. The second kappa shape index (κ2) is 8.03. The third-order valence-electron chi connectivity index (χ3n) is 4.77. The zero-order valence-electron chi connectivity index (χ0n) is 15.0. The van der Waals surface area contributed by atoms with Crippen LogP contribution >= 0.6 is 0 Å². The van der Waals surface area contributed by atoms with Crippen molar-refractivity contribution in [3.63, 3.8) is 0 Å². The molecule has 2 atom stereocenters. The van der Waals surface area contributed by atoms with E-state index in [1.165, 1.54) is 0 Å². The number of allylic oxidation sites excluding steroid dienone is 2. The number of carbonyl (C=O) groups excluding carboxylic acids is 3. The smallest absolute Gasteiger partial charge is 0.336 e. The van der Waals surface area contributed by atoms with Crippen molar-refractivity contribution in [2.45, 2.75) is 19.3 Å². The number of nitrogens with two attached hydrogens (primary N) is 1. The van der Waals surface area contributed by atoms with Crippen LogP contribution in [0.15, 0.2) is 41.6 Å². The van der Waals surface area contributed by atoms with Gasteiger partial charge < -0.3 is 15.3 Å². The summed E-state index contributed by atoms with van der Waals surface area (Å²) in [6, 6.07) is 6.78. The molecule has 8 nitrogen and oxygen atoms in total. The van der Waals surface area contributed by atoms with Crippen LogP contribution in [0.25, 0.3) is 0 Å². The molecule has 1 saturated heterocycles. The summed E-state index contributed by atoms with van der Waals surface area (Å²) < 4.78 is 5.05. The van der Waals surface area contributed by atoms with Crippen molar-refractivity contribution in [2.75, 3.05) is 13.7 Å². The zero-order valence-corrected chi connectivity index (χ0v) is 15.0. The largest absolute Gasteiger partial charge is 0.497 e. The number of hydrogen-bond donors (Lipinski definition) is 1. The normalized spacial score (nSPS) is 22.0. The van der Waals surface area contributed by atoms with Crippen LogP contribution in [0.5, 0.6) is 5.75 Å². The standard InChI is InChI=1S/C19H21N3O5/c1-26-13-8-6-12(7-9-13)17(20)21-27-16(23)10-11-22-18(24)14-4-2-3-5-15(14)19(22)25/h2-3,6-9,14-15H,4-5,10-11H2,1H3,(H2,20,21)/t14-,15-/m0/s1. The first-order valence-corrected chi connectivity index (χ1v) is 8.69. The van der Waals surface area contributed by atoms with Crippen LogP contribution in [-0.4, -0.2) is 42.2 Å². The molecule has 2 aliphatic rings. The van der Waals surface area contributed by atoms with Crippen LogP contribution in [0.3, 0.4) is 0 Å². The monoisotopic (exact) mass is 371 g/mol. The molecule has 3 rings (SSSR count). The van der Waals surface area contributed by atoms with Gasteiger partial charge in [-0.3, -0.25) is 14.5 Å². The van der Waals surface area contributed by atoms with Gasteiger partial charge in [-0.05, 0) is 37.1 Å². The van der Waals surface area contributed by atoms with Gasteiger partial charge in [0.1, 0.15) is 5.75 Å². The molecule has 8 heteroatoms. The van der Waals surface area contributed by atoms with E-state index in [1.54, 1.807) is 31.4 Å². The minimum Gasteiger partial charge on any atom is -0.497 e. The third kappa shape index (κ3) is 3.99. The first-order chi connectivity index (χ1) is 13.0. The van der Waals surface area contributed by atoms with Crippen LogP contribution in [0, 0.1) is 11.8 Å². The Balaban J connectivity index is 1.52. The number of rotatable bonds is 6. The Kier molecular flexibility index (Phi) is 5.54. The minimum atomic E-state index is -0.667. The van der Waals surface area contributed by atoms with Crippen molar-refractivity contribution in [1.82, 2.24) is 4.90 Å². The molecule has 1 aliphatic carbocycles. The first-order valence-electron chi connectivity index (χ1n) is 8.69. The van der Waals surface area contributed by atoms with E-state index in [9.17, 15) is 14.4 Å². The molecule has 1 aromatic carbocycles. The average Bonchev–Trinajstić information content (AvgIpc) is 2.95. The summed E-state index contributed by atoms with van der Waals surface area (Å²) in [7, 11) is 1.55. The number of amides is 2. The van der Waals surface area contributed by atoms with E-state index in [2.05, 4.69) is 5.16 Å². The number of likely N-dealkylation sites (tertiary alicyclic amines) is 1. The topological polar surface area (TPSA) is 111 Å². The lowest BCUT2D eigenvalue weighted by Crippen LogP contribution is -2.33. The molecule has 142 valence electrons. The van der Waals surface area contributed by atoms with Crippen LogP contribution in [0.4, 0.5) is 0 Å². The van der Waals surface area contributed by atoms with Gasteiger partial charge in [-0.1, -0.05) is 17.3 Å². The molecule has 1 aromatic rings. The molecule has 2 N–H and O–H groups in total. The van der Waals surface area contributed by atoms with Gasteiger partial charge in [0.2, 0.25) is 11.8 Å². The molecule has 1 aliphatic heterocycles. The number of fused-ring (bicyclic) bond motifs is 1. The fourth-order valence-electron chi connectivity index (χ4n) is 3.25. The lowest BCUT2D eigenvalue weighted by Gasteiger charge is -2.14. The second-order valence-corrected chi connectivity index (χ2v) is 6.40. The number of nitrogens with zero attached hydrogens (tertiary/aromatic N) is 2. The van der Waals surface area contributed by atoms with Gasteiger partial charge in [0.05, 0.1) is 25.4 Å². The van der Waals surface area contributed by atoms with E-state index in [1.807, 2.05) is 12.2 Å². The number of carbonyl (C=O) groups is 3. The van der Waals surface area contributed by atoms with Crippen molar-refractivity contribution in [3.8, 4) is 5.75 Å². The Morgan fingerprint density at radius 3 is 2.30 bits per heavy atom. The molecule has 1 heterocycles. The number of ether oxygens (including phenoxy) is 1. The van der Waals surface area contributed by atoms with E-state index < -0.39 is 5.97 Å². The van der Waals surface area contributed by atoms with Crippen molar-refractivity contribution < 1.29 is 24.0 Å². The summed E-state index contributed by atoms with van der Waals surface area (Å²) in [5.41, 5.74) is 6.36. The van der Waals surface area contributed by atoms with Crippen molar-refractivity contribution in [2.24, 2.45) is 22.7 Å².